The first-order valence-electron chi connectivity index (χ1n) is 4.42. The molecule has 1 heterocycles. The predicted molar refractivity (Wildman–Crippen MR) is 56.1 cm³/mol. The Hall–Kier alpha value is -1.08. The SMILES string of the molecule is FC(F)(F)C(F)(F)c1nc2c(Cl)cc(Cl)cc2[nH]1. The monoisotopic (exact) mass is 304 g/mol. The van der Waals surface area contributed by atoms with E-state index in [1.807, 2.05) is 4.98 Å². The molecule has 2 rings (SSSR count). The van der Waals surface area contributed by atoms with E-state index in [1.54, 1.807) is 0 Å². The summed E-state index contributed by atoms with van der Waals surface area (Å²) in [6, 6.07) is 2.35. The Balaban J connectivity index is 2.65. The van der Waals surface area contributed by atoms with Gasteiger partial charge in [-0.3, -0.25) is 0 Å². The van der Waals surface area contributed by atoms with Crippen molar-refractivity contribution in [3.8, 4) is 0 Å². The van der Waals surface area contributed by atoms with Crippen LogP contribution in [-0.4, -0.2) is 16.1 Å². The molecule has 2 aromatic rings. The van der Waals surface area contributed by atoms with Crippen molar-refractivity contribution in [3.63, 3.8) is 0 Å². The second-order valence-corrected chi connectivity index (χ2v) is 4.28. The van der Waals surface area contributed by atoms with Crippen molar-refractivity contribution < 1.29 is 22.0 Å². The maximum Gasteiger partial charge on any atom is 0.461 e. The highest BCUT2D eigenvalue weighted by atomic mass is 35.5. The van der Waals surface area contributed by atoms with Gasteiger partial charge in [-0.15, -0.1) is 0 Å². The number of halogens is 7. The van der Waals surface area contributed by atoms with Crippen LogP contribution in [0.1, 0.15) is 5.82 Å². The number of H-pyrrole nitrogens is 1. The van der Waals surface area contributed by atoms with Gasteiger partial charge in [0.05, 0.1) is 10.5 Å². The molecule has 18 heavy (non-hydrogen) atoms. The molecular formula is C9H3Cl2F5N2. The van der Waals surface area contributed by atoms with Crippen molar-refractivity contribution >= 4 is 34.2 Å². The molecule has 0 radical (unpaired) electrons. The van der Waals surface area contributed by atoms with Gasteiger partial charge in [-0.05, 0) is 12.1 Å². The number of alkyl halides is 5. The maximum atomic E-state index is 13.0. The second-order valence-electron chi connectivity index (χ2n) is 3.44. The van der Waals surface area contributed by atoms with Crippen LogP contribution in [0.5, 0.6) is 0 Å². The van der Waals surface area contributed by atoms with Crippen molar-refractivity contribution in [1.82, 2.24) is 9.97 Å². The smallest absolute Gasteiger partial charge is 0.336 e. The molecule has 0 amide bonds. The highest BCUT2D eigenvalue weighted by Crippen LogP contribution is 2.43. The zero-order valence-corrected chi connectivity index (χ0v) is 9.76. The van der Waals surface area contributed by atoms with E-state index < -0.39 is 17.9 Å². The molecule has 1 N–H and O–H groups in total. The van der Waals surface area contributed by atoms with Crippen molar-refractivity contribution in [2.45, 2.75) is 12.1 Å². The first-order valence-corrected chi connectivity index (χ1v) is 5.18. The summed E-state index contributed by atoms with van der Waals surface area (Å²) in [5, 5.41) is -0.0176. The third kappa shape index (κ3) is 2.01. The maximum absolute atomic E-state index is 13.0. The number of aromatic nitrogens is 2. The number of hydrogen-bond acceptors (Lipinski definition) is 1. The standard InChI is InChI=1S/C9H3Cl2F5N2/c10-3-1-4(11)6-5(2-3)17-7(18-6)8(12,13)9(14,15)16/h1-2H,(H,17,18). The summed E-state index contributed by atoms with van der Waals surface area (Å²) >= 11 is 11.2. The zero-order chi connectivity index (χ0) is 13.7. The number of aromatic amines is 1. The van der Waals surface area contributed by atoms with Crippen LogP contribution in [-0.2, 0) is 5.92 Å². The molecule has 0 unspecified atom stereocenters. The van der Waals surface area contributed by atoms with Gasteiger partial charge < -0.3 is 4.98 Å². The Labute approximate surface area is 107 Å². The molecule has 0 spiro atoms. The minimum atomic E-state index is -5.74. The second kappa shape index (κ2) is 3.96. The molecule has 9 heteroatoms. The minimum absolute atomic E-state index is 0.0913. The van der Waals surface area contributed by atoms with E-state index in [-0.39, 0.29) is 21.1 Å². The molecule has 0 aliphatic heterocycles. The van der Waals surface area contributed by atoms with Gasteiger partial charge in [0.15, 0.2) is 5.82 Å². The molecule has 98 valence electrons. The van der Waals surface area contributed by atoms with E-state index >= 15 is 0 Å². The Bertz CT molecular complexity index is 605. The summed E-state index contributed by atoms with van der Waals surface area (Å²) in [5.74, 6) is -6.60. The molecule has 0 aliphatic carbocycles. The van der Waals surface area contributed by atoms with Crippen molar-refractivity contribution in [3.05, 3.63) is 28.0 Å². The number of fused-ring (bicyclic) bond motifs is 1. The average molecular weight is 305 g/mol. The lowest BCUT2D eigenvalue weighted by Crippen LogP contribution is -2.34. The summed E-state index contributed by atoms with van der Waals surface area (Å²) in [6.45, 7) is 0. The fraction of sp³-hybridized carbons (Fsp3) is 0.222. The normalized spacial score (nSPS) is 13.3. The van der Waals surface area contributed by atoms with Gasteiger partial charge in [0.1, 0.15) is 5.52 Å². The molecule has 0 fully saturated rings. The van der Waals surface area contributed by atoms with Gasteiger partial charge in [0.2, 0.25) is 0 Å². The van der Waals surface area contributed by atoms with Crippen molar-refractivity contribution in [1.29, 1.82) is 0 Å². The molecule has 0 aliphatic rings. The van der Waals surface area contributed by atoms with Crippen LogP contribution in [0.3, 0.4) is 0 Å². The average Bonchev–Trinajstić information content (AvgIpc) is 2.59. The van der Waals surface area contributed by atoms with Crippen LogP contribution < -0.4 is 0 Å². The number of hydrogen-bond donors (Lipinski definition) is 1. The topological polar surface area (TPSA) is 28.7 Å². The molecule has 0 saturated carbocycles. The van der Waals surface area contributed by atoms with Gasteiger partial charge in [0.25, 0.3) is 0 Å². The van der Waals surface area contributed by atoms with E-state index in [2.05, 4.69) is 4.98 Å². The lowest BCUT2D eigenvalue weighted by molar-refractivity contribution is -0.292. The molecule has 2 nitrogen and oxygen atoms in total. The van der Waals surface area contributed by atoms with E-state index in [0.717, 1.165) is 6.07 Å². The third-order valence-corrected chi connectivity index (χ3v) is 2.66. The highest BCUT2D eigenvalue weighted by Gasteiger charge is 2.61. The Morgan fingerprint density at radius 3 is 2.22 bits per heavy atom. The van der Waals surface area contributed by atoms with Crippen molar-refractivity contribution in [2.75, 3.05) is 0 Å². The van der Waals surface area contributed by atoms with Gasteiger partial charge in [-0.1, -0.05) is 23.2 Å². The first-order chi connectivity index (χ1) is 8.13. The fourth-order valence-corrected chi connectivity index (χ4v) is 1.86. The van der Waals surface area contributed by atoms with Gasteiger partial charge >= 0.3 is 12.1 Å². The van der Waals surface area contributed by atoms with Gasteiger partial charge in [0, 0.05) is 5.02 Å². The lowest BCUT2D eigenvalue weighted by atomic mass is 10.3. The molecule has 1 aromatic heterocycles. The number of imidazole rings is 1. The van der Waals surface area contributed by atoms with Crippen LogP contribution in [0.15, 0.2) is 12.1 Å². The van der Waals surface area contributed by atoms with Crippen LogP contribution in [0.25, 0.3) is 11.0 Å². The van der Waals surface area contributed by atoms with E-state index in [9.17, 15) is 22.0 Å². The number of nitrogens with one attached hydrogen (secondary N) is 1. The summed E-state index contributed by atoms with van der Waals surface area (Å²) in [4.78, 5) is 5.05. The van der Waals surface area contributed by atoms with Crippen LogP contribution in [0.4, 0.5) is 22.0 Å². The number of nitrogens with zero attached hydrogens (tertiary/aromatic N) is 1. The Morgan fingerprint density at radius 2 is 1.67 bits per heavy atom. The fourth-order valence-electron chi connectivity index (χ4n) is 1.33. The summed E-state index contributed by atoms with van der Waals surface area (Å²) in [5.41, 5.74) is -0.286. The lowest BCUT2D eigenvalue weighted by Gasteiger charge is -2.16. The number of rotatable bonds is 1. The quantitative estimate of drug-likeness (QED) is 0.771. The summed E-state index contributed by atoms with van der Waals surface area (Å²) in [7, 11) is 0. The Kier molecular flexibility index (Phi) is 2.94. The Morgan fingerprint density at radius 1 is 1.06 bits per heavy atom. The predicted octanol–water partition coefficient (Wildman–Crippen LogP) is 4.52. The molecule has 0 saturated heterocycles. The first kappa shape index (κ1) is 13.4. The highest BCUT2D eigenvalue weighted by molar-refractivity contribution is 6.38. The van der Waals surface area contributed by atoms with Gasteiger partial charge in [-0.25, -0.2) is 4.98 Å². The summed E-state index contributed by atoms with van der Waals surface area (Å²) in [6.07, 6.45) is -5.74. The third-order valence-electron chi connectivity index (χ3n) is 2.16. The molecule has 0 atom stereocenters. The number of benzene rings is 1. The molecular weight excluding hydrogens is 302 g/mol. The zero-order valence-electron chi connectivity index (χ0n) is 8.25. The van der Waals surface area contributed by atoms with E-state index in [4.69, 9.17) is 23.2 Å². The van der Waals surface area contributed by atoms with E-state index in [1.165, 1.54) is 6.07 Å². The van der Waals surface area contributed by atoms with Crippen LogP contribution in [0, 0.1) is 0 Å². The molecule has 1 aromatic carbocycles. The largest absolute Gasteiger partial charge is 0.461 e. The minimum Gasteiger partial charge on any atom is -0.336 e. The molecule has 0 bridgehead atoms. The van der Waals surface area contributed by atoms with Crippen LogP contribution in [0.2, 0.25) is 10.0 Å². The van der Waals surface area contributed by atoms with E-state index in [0.29, 0.717) is 0 Å². The van der Waals surface area contributed by atoms with Crippen molar-refractivity contribution in [2.24, 2.45) is 0 Å². The van der Waals surface area contributed by atoms with Crippen LogP contribution >= 0.6 is 23.2 Å². The summed E-state index contributed by atoms with van der Waals surface area (Å²) < 4.78 is 62.6. The van der Waals surface area contributed by atoms with Gasteiger partial charge in [-0.2, -0.15) is 22.0 Å².